The van der Waals surface area contributed by atoms with Crippen LogP contribution < -0.4 is 5.43 Å². The number of phenolic OH excluding ortho intramolecular Hbond substituents is 1. The Morgan fingerprint density at radius 1 is 1.28 bits per heavy atom. The molecular formula is C13H12N2O3. The molecule has 0 bridgehead atoms. The smallest absolute Gasteiger partial charge is 0.275 e. The number of benzene rings is 1. The predicted octanol–water partition coefficient (Wildman–Crippen LogP) is 2.14. The van der Waals surface area contributed by atoms with Crippen LogP contribution in [0.25, 0.3) is 0 Å². The van der Waals surface area contributed by atoms with Crippen LogP contribution in [0.5, 0.6) is 5.75 Å². The number of aromatic hydroxyl groups is 1. The highest BCUT2D eigenvalue weighted by molar-refractivity contribution is 6.00. The molecule has 2 rings (SSSR count). The molecule has 0 saturated heterocycles. The quantitative estimate of drug-likeness (QED) is 0.641. The summed E-state index contributed by atoms with van der Waals surface area (Å²) in [5.41, 5.74) is 3.08. The van der Waals surface area contributed by atoms with Gasteiger partial charge in [-0.1, -0.05) is 12.1 Å². The van der Waals surface area contributed by atoms with Crippen LogP contribution >= 0.6 is 0 Å². The minimum atomic E-state index is -0.473. The molecule has 1 aromatic heterocycles. The van der Waals surface area contributed by atoms with Gasteiger partial charge < -0.3 is 9.52 Å². The van der Waals surface area contributed by atoms with E-state index in [0.29, 0.717) is 11.5 Å². The number of carbonyl (C=O) groups excluding carboxylic acids is 1. The highest BCUT2D eigenvalue weighted by Gasteiger charge is 2.09. The van der Waals surface area contributed by atoms with Gasteiger partial charge in [0.25, 0.3) is 5.91 Å². The first kappa shape index (κ1) is 11.9. The van der Waals surface area contributed by atoms with Crippen LogP contribution in [0, 0.1) is 0 Å². The maximum atomic E-state index is 11.7. The molecule has 0 aliphatic rings. The van der Waals surface area contributed by atoms with Crippen LogP contribution in [0.4, 0.5) is 0 Å². The molecule has 2 aromatic rings. The van der Waals surface area contributed by atoms with E-state index in [4.69, 9.17) is 4.42 Å². The van der Waals surface area contributed by atoms with Gasteiger partial charge in [-0.15, -0.1) is 0 Å². The molecule has 2 N–H and O–H groups in total. The largest absolute Gasteiger partial charge is 0.507 e. The molecule has 0 aliphatic carbocycles. The summed E-state index contributed by atoms with van der Waals surface area (Å²) in [5, 5.41) is 13.4. The maximum Gasteiger partial charge on any atom is 0.275 e. The van der Waals surface area contributed by atoms with E-state index in [9.17, 15) is 9.90 Å². The van der Waals surface area contributed by atoms with Crippen molar-refractivity contribution in [3.05, 3.63) is 54.0 Å². The van der Waals surface area contributed by atoms with Crippen LogP contribution in [-0.2, 0) is 0 Å². The SMILES string of the molecule is C/C(=N\NC(=O)c1ccccc1O)c1ccco1. The van der Waals surface area contributed by atoms with Crippen molar-refractivity contribution in [2.24, 2.45) is 5.10 Å². The molecule has 5 nitrogen and oxygen atoms in total. The molecule has 5 heteroatoms. The number of furan rings is 1. The second-order valence-corrected chi connectivity index (χ2v) is 3.63. The monoisotopic (exact) mass is 244 g/mol. The van der Waals surface area contributed by atoms with E-state index in [0.717, 1.165) is 0 Å². The Hall–Kier alpha value is -2.56. The maximum absolute atomic E-state index is 11.7. The number of carbonyl (C=O) groups is 1. The number of hydrogen-bond acceptors (Lipinski definition) is 4. The van der Waals surface area contributed by atoms with Crippen molar-refractivity contribution in [2.75, 3.05) is 0 Å². The lowest BCUT2D eigenvalue weighted by atomic mass is 10.2. The number of phenols is 1. The number of rotatable bonds is 3. The van der Waals surface area contributed by atoms with Crippen LogP contribution in [0.2, 0.25) is 0 Å². The molecular weight excluding hydrogens is 232 g/mol. The Bertz CT molecular complexity index is 574. The summed E-state index contributed by atoms with van der Waals surface area (Å²) in [6.07, 6.45) is 1.53. The van der Waals surface area contributed by atoms with Gasteiger partial charge in [-0.2, -0.15) is 5.10 Å². The van der Waals surface area contributed by atoms with E-state index < -0.39 is 5.91 Å². The minimum Gasteiger partial charge on any atom is -0.507 e. The standard InChI is InChI=1S/C13H12N2O3/c1-9(12-7-4-8-18-12)14-15-13(17)10-5-2-3-6-11(10)16/h2-8,16H,1H3,(H,15,17)/b14-9+. The lowest BCUT2D eigenvalue weighted by Crippen LogP contribution is -2.19. The zero-order valence-electron chi connectivity index (χ0n) is 9.75. The average Bonchev–Trinajstić information content (AvgIpc) is 2.90. The number of hydrogen-bond donors (Lipinski definition) is 2. The van der Waals surface area contributed by atoms with E-state index in [1.54, 1.807) is 31.2 Å². The number of nitrogens with zero attached hydrogens (tertiary/aromatic N) is 1. The predicted molar refractivity (Wildman–Crippen MR) is 66.5 cm³/mol. The van der Waals surface area contributed by atoms with E-state index in [1.165, 1.54) is 18.4 Å². The third kappa shape index (κ3) is 2.57. The summed E-state index contributed by atoms with van der Waals surface area (Å²) in [6, 6.07) is 9.74. The molecule has 0 unspecified atom stereocenters. The van der Waals surface area contributed by atoms with Crippen molar-refractivity contribution in [3.63, 3.8) is 0 Å². The van der Waals surface area contributed by atoms with Gasteiger partial charge in [0.1, 0.15) is 17.2 Å². The Morgan fingerprint density at radius 2 is 2.06 bits per heavy atom. The van der Waals surface area contributed by atoms with Crippen LogP contribution in [0.1, 0.15) is 23.0 Å². The second-order valence-electron chi connectivity index (χ2n) is 3.63. The first-order valence-corrected chi connectivity index (χ1v) is 5.35. The summed E-state index contributed by atoms with van der Waals surface area (Å²) in [4.78, 5) is 11.7. The lowest BCUT2D eigenvalue weighted by molar-refractivity contribution is 0.0952. The Labute approximate surface area is 104 Å². The van der Waals surface area contributed by atoms with Gasteiger partial charge in [0.05, 0.1) is 11.8 Å². The summed E-state index contributed by atoms with van der Waals surface area (Å²) >= 11 is 0. The highest BCUT2D eigenvalue weighted by Crippen LogP contribution is 2.15. The number of amides is 1. The molecule has 0 aliphatic heterocycles. The third-order valence-electron chi connectivity index (χ3n) is 2.35. The fraction of sp³-hybridized carbons (Fsp3) is 0.0769. The number of nitrogens with one attached hydrogen (secondary N) is 1. The molecule has 0 atom stereocenters. The van der Waals surface area contributed by atoms with E-state index in [-0.39, 0.29) is 11.3 Å². The molecule has 0 spiro atoms. The van der Waals surface area contributed by atoms with E-state index in [1.807, 2.05) is 0 Å². The number of para-hydroxylation sites is 1. The first-order chi connectivity index (χ1) is 8.68. The molecule has 92 valence electrons. The Kier molecular flexibility index (Phi) is 3.43. The van der Waals surface area contributed by atoms with Gasteiger partial charge >= 0.3 is 0 Å². The van der Waals surface area contributed by atoms with Gasteiger partial charge in [0, 0.05) is 0 Å². The van der Waals surface area contributed by atoms with Crippen molar-refractivity contribution in [1.29, 1.82) is 0 Å². The van der Waals surface area contributed by atoms with Gasteiger partial charge in [-0.25, -0.2) is 5.43 Å². The van der Waals surface area contributed by atoms with Crippen molar-refractivity contribution in [2.45, 2.75) is 6.92 Å². The van der Waals surface area contributed by atoms with Crippen LogP contribution in [-0.4, -0.2) is 16.7 Å². The summed E-state index contributed by atoms with van der Waals surface area (Å²) < 4.78 is 5.13. The molecule has 1 amide bonds. The molecule has 0 radical (unpaired) electrons. The first-order valence-electron chi connectivity index (χ1n) is 5.35. The van der Waals surface area contributed by atoms with Crippen molar-refractivity contribution in [1.82, 2.24) is 5.43 Å². The van der Waals surface area contributed by atoms with Crippen molar-refractivity contribution >= 4 is 11.6 Å². The summed E-state index contributed by atoms with van der Waals surface area (Å²) in [6.45, 7) is 1.71. The molecule has 0 saturated carbocycles. The summed E-state index contributed by atoms with van der Waals surface area (Å²) in [5.74, 6) is 0.0208. The van der Waals surface area contributed by atoms with Gasteiger partial charge in [0.2, 0.25) is 0 Å². The average molecular weight is 244 g/mol. The fourth-order valence-corrected chi connectivity index (χ4v) is 1.40. The highest BCUT2D eigenvalue weighted by atomic mass is 16.3. The molecule has 1 aromatic carbocycles. The van der Waals surface area contributed by atoms with Gasteiger partial charge in [-0.05, 0) is 31.2 Å². The van der Waals surface area contributed by atoms with E-state index in [2.05, 4.69) is 10.5 Å². The minimum absolute atomic E-state index is 0.0825. The van der Waals surface area contributed by atoms with Crippen molar-refractivity contribution in [3.8, 4) is 5.75 Å². The third-order valence-corrected chi connectivity index (χ3v) is 2.35. The fourth-order valence-electron chi connectivity index (χ4n) is 1.40. The van der Waals surface area contributed by atoms with Crippen molar-refractivity contribution < 1.29 is 14.3 Å². The Balaban J connectivity index is 2.09. The second kappa shape index (κ2) is 5.18. The summed E-state index contributed by atoms with van der Waals surface area (Å²) in [7, 11) is 0. The van der Waals surface area contributed by atoms with Crippen LogP contribution in [0.3, 0.4) is 0 Å². The Morgan fingerprint density at radius 3 is 2.72 bits per heavy atom. The normalized spacial score (nSPS) is 11.3. The van der Waals surface area contributed by atoms with Gasteiger partial charge in [0.15, 0.2) is 0 Å². The molecule has 18 heavy (non-hydrogen) atoms. The lowest BCUT2D eigenvalue weighted by Gasteiger charge is -2.02. The number of hydrazone groups is 1. The topological polar surface area (TPSA) is 74.8 Å². The van der Waals surface area contributed by atoms with E-state index >= 15 is 0 Å². The van der Waals surface area contributed by atoms with Gasteiger partial charge in [-0.3, -0.25) is 4.79 Å². The molecule has 0 fully saturated rings. The zero-order chi connectivity index (χ0) is 13.0. The van der Waals surface area contributed by atoms with Crippen LogP contribution in [0.15, 0.2) is 52.2 Å². The molecule has 1 heterocycles. The zero-order valence-corrected chi connectivity index (χ0v) is 9.75.